The largest absolute Gasteiger partial charge is 0.486 e. The number of nitrogens with one attached hydrogen (secondary N) is 2. The van der Waals surface area contributed by atoms with Gasteiger partial charge in [-0.25, -0.2) is 4.98 Å². The van der Waals surface area contributed by atoms with E-state index in [9.17, 15) is 4.79 Å². The molecule has 0 unspecified atom stereocenters. The third-order valence-electron chi connectivity index (χ3n) is 4.98. The zero-order chi connectivity index (χ0) is 21.9. The van der Waals surface area contributed by atoms with Crippen molar-refractivity contribution in [2.75, 3.05) is 13.2 Å². The van der Waals surface area contributed by atoms with Crippen molar-refractivity contribution < 1.29 is 14.3 Å². The molecule has 0 radical (unpaired) electrons. The van der Waals surface area contributed by atoms with E-state index < -0.39 is 0 Å². The molecule has 3 aromatic carbocycles. The quantitative estimate of drug-likeness (QED) is 0.435. The number of para-hydroxylation sites is 1. The van der Waals surface area contributed by atoms with E-state index in [0.717, 1.165) is 21.7 Å². The standard InChI is InChI=1S/C24H19N3O3S2/c28-22(17-9-10-19-20(13-17)30-12-11-29-19)27-24(31)25-14-15-5-7-16(8-6-15)23-26-18-3-1-2-4-21(18)32-23/h1-10,13H,11-12,14H2,(H2,25,27,28,31). The van der Waals surface area contributed by atoms with E-state index in [1.165, 1.54) is 4.70 Å². The molecule has 4 aromatic rings. The van der Waals surface area contributed by atoms with E-state index in [4.69, 9.17) is 26.7 Å². The smallest absolute Gasteiger partial charge is 0.257 e. The van der Waals surface area contributed by atoms with Crippen molar-refractivity contribution in [1.82, 2.24) is 15.6 Å². The maximum atomic E-state index is 12.5. The van der Waals surface area contributed by atoms with Crippen LogP contribution in [0.1, 0.15) is 15.9 Å². The summed E-state index contributed by atoms with van der Waals surface area (Å²) in [6.07, 6.45) is 0. The molecule has 2 N–H and O–H groups in total. The normalized spacial score (nSPS) is 12.4. The van der Waals surface area contributed by atoms with E-state index in [-0.39, 0.29) is 11.0 Å². The highest BCUT2D eigenvalue weighted by molar-refractivity contribution is 7.80. The molecule has 6 nitrogen and oxygen atoms in total. The predicted octanol–water partition coefficient (Wildman–Crippen LogP) is 4.54. The molecule has 0 spiro atoms. The van der Waals surface area contributed by atoms with Crippen LogP contribution in [0.5, 0.6) is 11.5 Å². The van der Waals surface area contributed by atoms with Gasteiger partial charge in [0.1, 0.15) is 18.2 Å². The zero-order valence-corrected chi connectivity index (χ0v) is 18.6. The maximum Gasteiger partial charge on any atom is 0.257 e. The SMILES string of the molecule is O=C(NC(=S)NCc1ccc(-c2nc3ccccc3s2)cc1)c1ccc2c(c1)OCCO2. The fraction of sp³-hybridized carbons (Fsp3) is 0.125. The number of fused-ring (bicyclic) bond motifs is 2. The van der Waals surface area contributed by atoms with Crippen LogP contribution in [-0.4, -0.2) is 29.2 Å². The lowest BCUT2D eigenvalue weighted by atomic mass is 10.1. The van der Waals surface area contributed by atoms with Gasteiger partial charge < -0.3 is 14.8 Å². The summed E-state index contributed by atoms with van der Waals surface area (Å²) in [5.74, 6) is 0.907. The van der Waals surface area contributed by atoms with Crippen LogP contribution in [0.15, 0.2) is 66.7 Å². The average molecular weight is 462 g/mol. The first kappa shape index (κ1) is 20.4. The van der Waals surface area contributed by atoms with Crippen molar-refractivity contribution in [3.63, 3.8) is 0 Å². The molecule has 0 fully saturated rings. The molecule has 0 atom stereocenters. The highest BCUT2D eigenvalue weighted by atomic mass is 32.1. The van der Waals surface area contributed by atoms with Crippen LogP contribution in [0.4, 0.5) is 0 Å². The molecule has 0 bridgehead atoms. The summed E-state index contributed by atoms with van der Waals surface area (Å²) in [4.78, 5) is 17.2. The van der Waals surface area contributed by atoms with E-state index in [0.29, 0.717) is 36.8 Å². The second-order valence-corrected chi connectivity index (χ2v) is 8.62. The minimum Gasteiger partial charge on any atom is -0.486 e. The van der Waals surface area contributed by atoms with Crippen molar-refractivity contribution in [2.24, 2.45) is 0 Å². The Labute approximate surface area is 194 Å². The van der Waals surface area contributed by atoms with Gasteiger partial charge in [0.2, 0.25) is 0 Å². The molecular formula is C24H19N3O3S2. The Bertz CT molecular complexity index is 1270. The number of hydrogen-bond donors (Lipinski definition) is 2. The number of nitrogens with zero attached hydrogens (tertiary/aromatic N) is 1. The fourth-order valence-corrected chi connectivity index (χ4v) is 4.48. The molecule has 1 aliphatic rings. The number of carbonyl (C=O) groups excluding carboxylic acids is 1. The Morgan fingerprint density at radius 1 is 1.00 bits per heavy atom. The van der Waals surface area contributed by atoms with Gasteiger partial charge in [0.05, 0.1) is 10.2 Å². The van der Waals surface area contributed by atoms with Crippen LogP contribution in [0.25, 0.3) is 20.8 Å². The van der Waals surface area contributed by atoms with E-state index in [1.807, 2.05) is 42.5 Å². The maximum absolute atomic E-state index is 12.5. The van der Waals surface area contributed by atoms with Gasteiger partial charge in [0, 0.05) is 17.7 Å². The van der Waals surface area contributed by atoms with Crippen LogP contribution in [0.2, 0.25) is 0 Å². The number of aromatic nitrogens is 1. The third kappa shape index (κ3) is 4.42. The van der Waals surface area contributed by atoms with Gasteiger partial charge in [-0.1, -0.05) is 36.4 Å². The summed E-state index contributed by atoms with van der Waals surface area (Å²) in [5, 5.41) is 7.03. The molecular weight excluding hydrogens is 442 g/mol. The number of ether oxygens (including phenoxy) is 2. The second kappa shape index (κ2) is 8.94. The predicted molar refractivity (Wildman–Crippen MR) is 129 cm³/mol. The Morgan fingerprint density at radius 2 is 1.78 bits per heavy atom. The minimum absolute atomic E-state index is 0.264. The molecule has 0 saturated carbocycles. The molecule has 8 heteroatoms. The summed E-state index contributed by atoms with van der Waals surface area (Å²) in [6.45, 7) is 1.48. The Balaban J connectivity index is 1.17. The lowest BCUT2D eigenvalue weighted by Gasteiger charge is -2.18. The molecule has 160 valence electrons. The molecule has 0 saturated heterocycles. The van der Waals surface area contributed by atoms with Crippen LogP contribution in [-0.2, 0) is 6.54 Å². The van der Waals surface area contributed by atoms with Crippen molar-refractivity contribution in [3.8, 4) is 22.1 Å². The van der Waals surface area contributed by atoms with Crippen LogP contribution in [0, 0.1) is 0 Å². The Morgan fingerprint density at radius 3 is 2.59 bits per heavy atom. The first-order valence-electron chi connectivity index (χ1n) is 10.1. The average Bonchev–Trinajstić information content (AvgIpc) is 3.27. The minimum atomic E-state index is -0.300. The van der Waals surface area contributed by atoms with Gasteiger partial charge in [-0.2, -0.15) is 0 Å². The summed E-state index contributed by atoms with van der Waals surface area (Å²) in [5.41, 5.74) is 3.59. The van der Waals surface area contributed by atoms with Crippen molar-refractivity contribution in [1.29, 1.82) is 0 Å². The molecule has 1 amide bonds. The van der Waals surface area contributed by atoms with E-state index >= 15 is 0 Å². The van der Waals surface area contributed by atoms with Gasteiger partial charge in [-0.05, 0) is 48.1 Å². The van der Waals surface area contributed by atoms with Crippen molar-refractivity contribution >= 4 is 44.8 Å². The van der Waals surface area contributed by atoms with Gasteiger partial charge in [-0.3, -0.25) is 10.1 Å². The Kier molecular flexibility index (Phi) is 5.70. The molecule has 1 aromatic heterocycles. The van der Waals surface area contributed by atoms with Gasteiger partial charge in [0.15, 0.2) is 16.6 Å². The van der Waals surface area contributed by atoms with E-state index in [2.05, 4.69) is 16.7 Å². The number of rotatable bonds is 4. The number of hydrogen-bond acceptors (Lipinski definition) is 6. The lowest BCUT2D eigenvalue weighted by Crippen LogP contribution is -2.38. The molecule has 32 heavy (non-hydrogen) atoms. The number of amides is 1. The van der Waals surface area contributed by atoms with E-state index in [1.54, 1.807) is 29.5 Å². The van der Waals surface area contributed by atoms with Crippen LogP contribution >= 0.6 is 23.6 Å². The Hall–Kier alpha value is -3.49. The van der Waals surface area contributed by atoms with Crippen molar-refractivity contribution in [2.45, 2.75) is 6.54 Å². The number of thiocarbonyl (C=S) groups is 1. The summed E-state index contributed by atoms with van der Waals surface area (Å²) < 4.78 is 12.2. The molecule has 0 aliphatic carbocycles. The first-order valence-corrected chi connectivity index (χ1v) is 11.3. The van der Waals surface area contributed by atoms with Crippen molar-refractivity contribution in [3.05, 3.63) is 77.9 Å². The number of carbonyl (C=O) groups is 1. The summed E-state index contributed by atoms with van der Waals surface area (Å²) in [6, 6.07) is 21.3. The third-order valence-corrected chi connectivity index (χ3v) is 6.31. The van der Waals surface area contributed by atoms with Gasteiger partial charge in [0.25, 0.3) is 5.91 Å². The zero-order valence-electron chi connectivity index (χ0n) is 17.0. The lowest BCUT2D eigenvalue weighted by molar-refractivity contribution is 0.0975. The number of thiazole rings is 1. The topological polar surface area (TPSA) is 72.5 Å². The second-order valence-electron chi connectivity index (χ2n) is 7.18. The summed E-state index contributed by atoms with van der Waals surface area (Å²) in [7, 11) is 0. The van der Waals surface area contributed by atoms with Gasteiger partial charge >= 0.3 is 0 Å². The number of benzene rings is 3. The first-order chi connectivity index (χ1) is 15.7. The van der Waals surface area contributed by atoms with Crippen LogP contribution < -0.4 is 20.1 Å². The molecule has 2 heterocycles. The fourth-order valence-electron chi connectivity index (χ4n) is 3.35. The van der Waals surface area contributed by atoms with Gasteiger partial charge in [-0.15, -0.1) is 11.3 Å². The highest BCUT2D eigenvalue weighted by Gasteiger charge is 2.15. The highest BCUT2D eigenvalue weighted by Crippen LogP contribution is 2.31. The molecule has 1 aliphatic heterocycles. The van der Waals surface area contributed by atoms with Crippen LogP contribution in [0.3, 0.4) is 0 Å². The monoisotopic (exact) mass is 461 g/mol. The molecule has 5 rings (SSSR count). The summed E-state index contributed by atoms with van der Waals surface area (Å²) >= 11 is 6.96.